The highest BCUT2D eigenvalue weighted by atomic mass is 16.5. The smallest absolute Gasteiger partial charge is 0.223 e. The molecule has 0 radical (unpaired) electrons. The molecule has 1 amide bonds. The standard InChI is InChI=1S/C21H31N3O2/c1-15-6-19(26-22-15)14-23-2-4-24(5-3-23)20(25)13-21-10-16-7-17(11-21)9-18(8-16)12-21/h6,16-18H,2-5,7-14H2,1H3. The Morgan fingerprint density at radius 2 is 1.73 bits per heavy atom. The van der Waals surface area contributed by atoms with Gasteiger partial charge in [0.25, 0.3) is 0 Å². The number of hydrogen-bond acceptors (Lipinski definition) is 4. The number of piperazine rings is 1. The van der Waals surface area contributed by atoms with Crippen LogP contribution < -0.4 is 0 Å². The Balaban J connectivity index is 1.15. The zero-order valence-electron chi connectivity index (χ0n) is 16.0. The van der Waals surface area contributed by atoms with Crippen molar-refractivity contribution in [2.75, 3.05) is 26.2 Å². The summed E-state index contributed by atoms with van der Waals surface area (Å²) < 4.78 is 5.33. The lowest BCUT2D eigenvalue weighted by Crippen LogP contribution is -2.52. The molecule has 5 fully saturated rings. The molecule has 1 aliphatic heterocycles. The fourth-order valence-corrected chi connectivity index (χ4v) is 6.81. The number of carbonyl (C=O) groups is 1. The first-order chi connectivity index (χ1) is 12.6. The van der Waals surface area contributed by atoms with Crippen molar-refractivity contribution >= 4 is 5.91 Å². The highest BCUT2D eigenvalue weighted by Gasteiger charge is 2.51. The van der Waals surface area contributed by atoms with Crippen LogP contribution in [0.1, 0.15) is 56.4 Å². The van der Waals surface area contributed by atoms with Gasteiger partial charge in [-0.2, -0.15) is 0 Å². The summed E-state index contributed by atoms with van der Waals surface area (Å²) in [5.74, 6) is 4.13. The molecule has 5 nitrogen and oxygen atoms in total. The first-order valence-corrected chi connectivity index (χ1v) is 10.5. The van der Waals surface area contributed by atoms with Crippen LogP contribution in [0.5, 0.6) is 0 Å². The van der Waals surface area contributed by atoms with E-state index in [1.54, 1.807) is 0 Å². The Labute approximate surface area is 156 Å². The summed E-state index contributed by atoms with van der Waals surface area (Å²) in [7, 11) is 0. The third-order valence-corrected chi connectivity index (χ3v) is 7.47. The molecule has 142 valence electrons. The minimum atomic E-state index is 0.361. The van der Waals surface area contributed by atoms with E-state index in [-0.39, 0.29) is 0 Å². The maximum Gasteiger partial charge on any atom is 0.223 e. The molecule has 0 unspecified atom stereocenters. The summed E-state index contributed by atoms with van der Waals surface area (Å²) in [5, 5.41) is 3.96. The van der Waals surface area contributed by atoms with E-state index in [1.807, 2.05) is 13.0 Å². The zero-order chi connectivity index (χ0) is 17.7. The van der Waals surface area contributed by atoms with E-state index in [4.69, 9.17) is 4.52 Å². The maximum atomic E-state index is 13.0. The van der Waals surface area contributed by atoms with E-state index in [1.165, 1.54) is 38.5 Å². The Morgan fingerprint density at radius 3 is 2.27 bits per heavy atom. The molecule has 6 rings (SSSR count). The van der Waals surface area contributed by atoms with Gasteiger partial charge in [0.1, 0.15) is 0 Å². The number of amides is 1. The van der Waals surface area contributed by atoms with Gasteiger partial charge in [0.2, 0.25) is 5.91 Å². The highest BCUT2D eigenvalue weighted by molar-refractivity contribution is 5.77. The molecule has 5 aliphatic rings. The van der Waals surface area contributed by atoms with Crippen molar-refractivity contribution in [3.63, 3.8) is 0 Å². The van der Waals surface area contributed by atoms with E-state index in [2.05, 4.69) is 15.0 Å². The second kappa shape index (κ2) is 6.36. The summed E-state index contributed by atoms with van der Waals surface area (Å²) in [6.45, 7) is 6.35. The van der Waals surface area contributed by atoms with E-state index in [9.17, 15) is 4.79 Å². The van der Waals surface area contributed by atoms with Gasteiger partial charge in [0.15, 0.2) is 5.76 Å². The van der Waals surface area contributed by atoms with E-state index < -0.39 is 0 Å². The first-order valence-electron chi connectivity index (χ1n) is 10.5. The summed E-state index contributed by atoms with van der Waals surface area (Å²) in [4.78, 5) is 17.5. The van der Waals surface area contributed by atoms with Crippen LogP contribution in [0, 0.1) is 30.1 Å². The largest absolute Gasteiger partial charge is 0.360 e. The molecule has 0 aromatic carbocycles. The van der Waals surface area contributed by atoms with Crippen molar-refractivity contribution in [1.29, 1.82) is 0 Å². The molecule has 0 atom stereocenters. The number of nitrogens with zero attached hydrogens (tertiary/aromatic N) is 3. The fraction of sp³-hybridized carbons (Fsp3) is 0.810. The summed E-state index contributed by atoms with van der Waals surface area (Å²) in [5.41, 5.74) is 1.30. The summed E-state index contributed by atoms with van der Waals surface area (Å²) in [6.07, 6.45) is 9.16. The minimum absolute atomic E-state index is 0.361. The second-order valence-electron chi connectivity index (χ2n) is 9.69. The molecular formula is C21H31N3O2. The van der Waals surface area contributed by atoms with E-state index in [0.717, 1.165) is 68.4 Å². The fourth-order valence-electron chi connectivity index (χ4n) is 6.81. The SMILES string of the molecule is Cc1cc(CN2CCN(C(=O)CC34CC5CC(CC(C5)C3)C4)CC2)on1. The molecule has 2 heterocycles. The van der Waals surface area contributed by atoms with Gasteiger partial charge in [-0.05, 0) is 68.6 Å². The molecule has 5 heteroatoms. The number of aryl methyl sites for hydroxylation is 1. The van der Waals surface area contributed by atoms with Gasteiger partial charge < -0.3 is 9.42 Å². The van der Waals surface area contributed by atoms with Gasteiger partial charge in [-0.25, -0.2) is 0 Å². The number of rotatable bonds is 4. The van der Waals surface area contributed by atoms with Crippen LogP contribution in [0.3, 0.4) is 0 Å². The average Bonchev–Trinajstić information content (AvgIpc) is 2.98. The first kappa shape index (κ1) is 16.8. The van der Waals surface area contributed by atoms with Crippen molar-refractivity contribution in [2.24, 2.45) is 23.2 Å². The molecule has 0 spiro atoms. The Kier molecular flexibility index (Phi) is 4.11. The second-order valence-corrected chi connectivity index (χ2v) is 9.69. The molecular weight excluding hydrogens is 326 g/mol. The maximum absolute atomic E-state index is 13.0. The van der Waals surface area contributed by atoms with Crippen LogP contribution in [-0.2, 0) is 11.3 Å². The van der Waals surface area contributed by atoms with Gasteiger partial charge in [0, 0.05) is 38.7 Å². The Morgan fingerprint density at radius 1 is 1.12 bits per heavy atom. The van der Waals surface area contributed by atoms with Gasteiger partial charge in [-0.15, -0.1) is 0 Å². The molecule has 0 N–H and O–H groups in total. The van der Waals surface area contributed by atoms with Crippen molar-refractivity contribution in [1.82, 2.24) is 15.0 Å². The van der Waals surface area contributed by atoms with E-state index >= 15 is 0 Å². The molecule has 4 aliphatic carbocycles. The quantitative estimate of drug-likeness (QED) is 0.830. The zero-order valence-corrected chi connectivity index (χ0v) is 16.0. The summed E-state index contributed by atoms with van der Waals surface area (Å²) >= 11 is 0. The molecule has 4 bridgehead atoms. The van der Waals surface area contributed by atoms with Gasteiger partial charge >= 0.3 is 0 Å². The van der Waals surface area contributed by atoms with Crippen molar-refractivity contribution in [3.05, 3.63) is 17.5 Å². The highest BCUT2D eigenvalue weighted by Crippen LogP contribution is 2.61. The molecule has 1 saturated heterocycles. The predicted octanol–water partition coefficient (Wildman–Crippen LogP) is 3.23. The topological polar surface area (TPSA) is 49.6 Å². The predicted molar refractivity (Wildman–Crippen MR) is 98.3 cm³/mol. The third kappa shape index (κ3) is 3.19. The Hall–Kier alpha value is -1.36. The lowest BCUT2D eigenvalue weighted by molar-refractivity contribution is -0.141. The van der Waals surface area contributed by atoms with Gasteiger partial charge in [0.05, 0.1) is 12.2 Å². The number of aromatic nitrogens is 1. The van der Waals surface area contributed by atoms with Crippen LogP contribution in [0.2, 0.25) is 0 Å². The van der Waals surface area contributed by atoms with Crippen molar-refractivity contribution in [2.45, 2.75) is 58.4 Å². The third-order valence-electron chi connectivity index (χ3n) is 7.47. The van der Waals surface area contributed by atoms with Crippen molar-refractivity contribution < 1.29 is 9.32 Å². The normalized spacial score (nSPS) is 36.7. The van der Waals surface area contributed by atoms with Crippen LogP contribution in [-0.4, -0.2) is 47.0 Å². The molecule has 1 aromatic heterocycles. The lowest BCUT2D eigenvalue weighted by atomic mass is 9.49. The van der Waals surface area contributed by atoms with Crippen molar-refractivity contribution in [3.8, 4) is 0 Å². The van der Waals surface area contributed by atoms with Gasteiger partial charge in [-0.3, -0.25) is 9.69 Å². The average molecular weight is 357 g/mol. The van der Waals surface area contributed by atoms with Crippen LogP contribution in [0.15, 0.2) is 10.6 Å². The van der Waals surface area contributed by atoms with E-state index in [0.29, 0.717) is 11.3 Å². The van der Waals surface area contributed by atoms with Crippen LogP contribution in [0.25, 0.3) is 0 Å². The Bertz CT molecular complexity index is 639. The monoisotopic (exact) mass is 357 g/mol. The summed E-state index contributed by atoms with van der Waals surface area (Å²) in [6, 6.07) is 2.00. The lowest BCUT2D eigenvalue weighted by Gasteiger charge is -2.57. The van der Waals surface area contributed by atoms with Crippen LogP contribution in [0.4, 0.5) is 0 Å². The number of carbonyl (C=O) groups excluding carboxylic acids is 1. The molecule has 1 aromatic rings. The molecule has 26 heavy (non-hydrogen) atoms. The van der Waals surface area contributed by atoms with Crippen LogP contribution >= 0.6 is 0 Å². The minimum Gasteiger partial charge on any atom is -0.360 e. The number of hydrogen-bond donors (Lipinski definition) is 0. The van der Waals surface area contributed by atoms with Gasteiger partial charge in [-0.1, -0.05) is 5.16 Å². The molecule has 4 saturated carbocycles.